The van der Waals surface area contributed by atoms with Crippen LogP contribution < -0.4 is 10.6 Å². The third-order valence-electron chi connectivity index (χ3n) is 4.40. The van der Waals surface area contributed by atoms with E-state index in [1.807, 2.05) is 7.05 Å². The lowest BCUT2D eigenvalue weighted by Gasteiger charge is -2.31. The molecule has 0 radical (unpaired) electrons. The molecule has 0 amide bonds. The summed E-state index contributed by atoms with van der Waals surface area (Å²) in [6.45, 7) is 5.16. The summed E-state index contributed by atoms with van der Waals surface area (Å²) in [6.07, 6.45) is 5.92. The minimum Gasteiger partial charge on any atom is -0.354 e. The Balaban J connectivity index is 0.00000176. The summed E-state index contributed by atoms with van der Waals surface area (Å²) in [4.78, 5) is 8.98. The molecule has 1 atom stereocenters. The van der Waals surface area contributed by atoms with Crippen LogP contribution in [0.25, 0.3) is 0 Å². The molecule has 6 nitrogen and oxygen atoms in total. The molecule has 3 rings (SSSR count). The van der Waals surface area contributed by atoms with Crippen molar-refractivity contribution in [2.24, 2.45) is 4.99 Å². The highest BCUT2D eigenvalue weighted by atomic mass is 127. The summed E-state index contributed by atoms with van der Waals surface area (Å²) < 4.78 is 2.06. The number of fused-ring (bicyclic) bond motifs is 1. The quantitative estimate of drug-likeness (QED) is 0.448. The molecule has 2 aliphatic rings. The van der Waals surface area contributed by atoms with Gasteiger partial charge < -0.3 is 10.6 Å². The maximum Gasteiger partial charge on any atom is 0.191 e. The van der Waals surface area contributed by atoms with Crippen LogP contribution in [-0.4, -0.2) is 39.9 Å². The molecule has 1 saturated carbocycles. The summed E-state index contributed by atoms with van der Waals surface area (Å²) in [5.74, 6) is 3.40. The molecule has 1 aromatic rings. The number of aryl methyl sites for hydroxylation is 1. The average Bonchev–Trinajstić information content (AvgIpc) is 2.84. The number of aliphatic imine (C=N–C) groups is 1. The lowest BCUT2D eigenvalue weighted by molar-refractivity contribution is 0.363. The van der Waals surface area contributed by atoms with Crippen molar-refractivity contribution in [3.63, 3.8) is 0 Å². The monoisotopic (exact) mass is 418 g/mol. The van der Waals surface area contributed by atoms with Crippen molar-refractivity contribution in [3.8, 4) is 0 Å². The Hall–Kier alpha value is -0.860. The number of halogens is 1. The second kappa shape index (κ2) is 7.61. The Bertz CT molecular complexity index is 520. The molecule has 1 fully saturated rings. The van der Waals surface area contributed by atoms with Crippen LogP contribution >= 0.6 is 24.0 Å². The highest BCUT2D eigenvalue weighted by Gasteiger charge is 2.24. The molecule has 1 aromatic heterocycles. The fourth-order valence-electron chi connectivity index (χ4n) is 2.80. The normalized spacial score (nSPS) is 21.8. The number of nitrogens with one attached hydrogen (secondary N) is 2. The fourth-order valence-corrected chi connectivity index (χ4v) is 2.80. The lowest BCUT2D eigenvalue weighted by Crippen LogP contribution is -2.51. The SMILES string of the molecule is CN=C(NC1CCC1)NC1CCc2nc(C(C)C)nn2C1.I. The molecule has 0 spiro atoms. The van der Waals surface area contributed by atoms with Gasteiger partial charge in [-0.3, -0.25) is 4.99 Å². The van der Waals surface area contributed by atoms with Crippen molar-refractivity contribution in [3.05, 3.63) is 11.6 Å². The number of hydrogen-bond acceptors (Lipinski definition) is 3. The third kappa shape index (κ3) is 3.91. The van der Waals surface area contributed by atoms with Crippen molar-refractivity contribution < 1.29 is 0 Å². The van der Waals surface area contributed by atoms with E-state index < -0.39 is 0 Å². The van der Waals surface area contributed by atoms with Crippen molar-refractivity contribution in [2.75, 3.05) is 7.05 Å². The molecular formula is C15H27IN6. The summed E-state index contributed by atoms with van der Waals surface area (Å²) in [5.41, 5.74) is 0. The highest BCUT2D eigenvalue weighted by molar-refractivity contribution is 14.0. The smallest absolute Gasteiger partial charge is 0.191 e. The first-order chi connectivity index (χ1) is 10.2. The van der Waals surface area contributed by atoms with E-state index in [4.69, 9.17) is 0 Å². The summed E-state index contributed by atoms with van der Waals surface area (Å²) in [5, 5.41) is 11.7. The van der Waals surface area contributed by atoms with Gasteiger partial charge in [0.05, 0.1) is 6.54 Å². The zero-order valence-electron chi connectivity index (χ0n) is 13.7. The van der Waals surface area contributed by atoms with Gasteiger partial charge in [-0.25, -0.2) is 9.67 Å². The molecule has 1 aliphatic heterocycles. The van der Waals surface area contributed by atoms with Crippen LogP contribution in [0.15, 0.2) is 4.99 Å². The van der Waals surface area contributed by atoms with E-state index in [1.54, 1.807) is 0 Å². The average molecular weight is 418 g/mol. The largest absolute Gasteiger partial charge is 0.354 e. The first-order valence-corrected chi connectivity index (χ1v) is 8.09. The van der Waals surface area contributed by atoms with Gasteiger partial charge in [0, 0.05) is 31.5 Å². The molecule has 2 N–H and O–H groups in total. The van der Waals surface area contributed by atoms with Gasteiger partial charge in [0.25, 0.3) is 0 Å². The molecule has 1 unspecified atom stereocenters. The van der Waals surface area contributed by atoms with E-state index >= 15 is 0 Å². The van der Waals surface area contributed by atoms with Crippen molar-refractivity contribution >= 4 is 29.9 Å². The highest BCUT2D eigenvalue weighted by Crippen LogP contribution is 2.19. The minimum absolute atomic E-state index is 0. The second-order valence-corrected chi connectivity index (χ2v) is 6.45. The van der Waals surface area contributed by atoms with E-state index in [9.17, 15) is 0 Å². The maximum absolute atomic E-state index is 4.63. The van der Waals surface area contributed by atoms with E-state index in [0.717, 1.165) is 37.0 Å². The lowest BCUT2D eigenvalue weighted by atomic mass is 9.93. The second-order valence-electron chi connectivity index (χ2n) is 6.45. The molecular weight excluding hydrogens is 391 g/mol. The van der Waals surface area contributed by atoms with Gasteiger partial charge in [0.15, 0.2) is 11.8 Å². The van der Waals surface area contributed by atoms with Gasteiger partial charge >= 0.3 is 0 Å². The number of hydrogen-bond donors (Lipinski definition) is 2. The third-order valence-corrected chi connectivity index (χ3v) is 4.40. The van der Waals surface area contributed by atoms with Gasteiger partial charge in [-0.15, -0.1) is 24.0 Å². The van der Waals surface area contributed by atoms with Crippen LogP contribution in [0.1, 0.15) is 57.1 Å². The van der Waals surface area contributed by atoms with E-state index in [2.05, 4.69) is 44.2 Å². The van der Waals surface area contributed by atoms with E-state index in [0.29, 0.717) is 18.0 Å². The van der Waals surface area contributed by atoms with E-state index in [1.165, 1.54) is 19.3 Å². The van der Waals surface area contributed by atoms with Crippen molar-refractivity contribution in [2.45, 2.75) is 70.5 Å². The molecule has 124 valence electrons. The van der Waals surface area contributed by atoms with Crippen LogP contribution in [0, 0.1) is 0 Å². The first kappa shape index (κ1) is 17.5. The number of rotatable bonds is 3. The van der Waals surface area contributed by atoms with Gasteiger partial charge in [0.2, 0.25) is 0 Å². The fraction of sp³-hybridized carbons (Fsp3) is 0.800. The molecule has 1 aliphatic carbocycles. The number of nitrogens with zero attached hydrogens (tertiary/aromatic N) is 4. The standard InChI is InChI=1S/C15H26N6.HI/c1-10(2)14-19-13-8-7-12(9-21(13)20-14)18-15(16-3)17-11-5-4-6-11;/h10-12H,4-9H2,1-3H3,(H2,16,17,18);1H. The predicted molar refractivity (Wildman–Crippen MR) is 98.9 cm³/mol. The molecule has 0 aromatic carbocycles. The minimum atomic E-state index is 0. The zero-order valence-corrected chi connectivity index (χ0v) is 16.0. The van der Waals surface area contributed by atoms with Crippen LogP contribution in [0.5, 0.6) is 0 Å². The predicted octanol–water partition coefficient (Wildman–Crippen LogP) is 2.05. The topological polar surface area (TPSA) is 67.1 Å². The van der Waals surface area contributed by atoms with Gasteiger partial charge in [-0.05, 0) is 25.7 Å². The van der Waals surface area contributed by atoms with Crippen LogP contribution in [0.4, 0.5) is 0 Å². The summed E-state index contributed by atoms with van der Waals surface area (Å²) in [7, 11) is 1.84. The number of guanidine groups is 1. The van der Waals surface area contributed by atoms with Gasteiger partial charge in [0.1, 0.15) is 5.82 Å². The van der Waals surface area contributed by atoms with E-state index in [-0.39, 0.29) is 24.0 Å². The molecule has 22 heavy (non-hydrogen) atoms. The summed E-state index contributed by atoms with van der Waals surface area (Å²) in [6, 6.07) is 0.986. The Kier molecular flexibility index (Phi) is 6.05. The Morgan fingerprint density at radius 1 is 1.23 bits per heavy atom. The zero-order chi connectivity index (χ0) is 14.8. The Labute approximate surface area is 149 Å². The molecule has 2 heterocycles. The van der Waals surface area contributed by atoms with Crippen molar-refractivity contribution in [1.29, 1.82) is 0 Å². The van der Waals surface area contributed by atoms with Crippen LogP contribution in [0.3, 0.4) is 0 Å². The van der Waals surface area contributed by atoms with Gasteiger partial charge in [-0.1, -0.05) is 13.8 Å². The Morgan fingerprint density at radius 3 is 2.55 bits per heavy atom. The van der Waals surface area contributed by atoms with Crippen LogP contribution in [-0.2, 0) is 13.0 Å². The molecule has 0 saturated heterocycles. The first-order valence-electron chi connectivity index (χ1n) is 8.09. The molecule has 7 heteroatoms. The van der Waals surface area contributed by atoms with Crippen molar-refractivity contribution in [1.82, 2.24) is 25.4 Å². The molecule has 0 bridgehead atoms. The number of aromatic nitrogens is 3. The summed E-state index contributed by atoms with van der Waals surface area (Å²) >= 11 is 0. The van der Waals surface area contributed by atoms with Crippen LogP contribution in [0.2, 0.25) is 0 Å². The Morgan fingerprint density at radius 2 is 1.95 bits per heavy atom. The maximum atomic E-state index is 4.63. The van der Waals surface area contributed by atoms with Gasteiger partial charge in [-0.2, -0.15) is 5.10 Å².